The van der Waals surface area contributed by atoms with Crippen molar-refractivity contribution in [1.82, 2.24) is 0 Å². The van der Waals surface area contributed by atoms with Crippen molar-refractivity contribution < 1.29 is 19.1 Å². The van der Waals surface area contributed by atoms with E-state index in [1.165, 1.54) is 0 Å². The molecule has 4 nitrogen and oxygen atoms in total. The minimum absolute atomic E-state index is 0.221. The molecule has 2 aromatic rings. The van der Waals surface area contributed by atoms with Crippen LogP contribution in [0.25, 0.3) is 0 Å². The van der Waals surface area contributed by atoms with Gasteiger partial charge in [-0.1, -0.05) is 93.3 Å². The quantitative estimate of drug-likeness (QED) is 0.315. The zero-order chi connectivity index (χ0) is 20.7. The Labute approximate surface area is 174 Å². The van der Waals surface area contributed by atoms with Crippen LogP contribution in [-0.2, 0) is 32.3 Å². The number of benzene rings is 2. The van der Waals surface area contributed by atoms with Gasteiger partial charge in [0, 0.05) is 6.42 Å². The van der Waals surface area contributed by atoms with Crippen LogP contribution in [0.1, 0.15) is 63.0 Å². The predicted octanol–water partition coefficient (Wildman–Crippen LogP) is 5.84. The fourth-order valence-corrected chi connectivity index (χ4v) is 3.15. The molecule has 0 radical (unpaired) electrons. The molecule has 4 heteroatoms. The topological polar surface area (TPSA) is 52.6 Å². The van der Waals surface area contributed by atoms with E-state index in [0.717, 1.165) is 43.2 Å². The second-order valence-electron chi connectivity index (χ2n) is 7.32. The fourth-order valence-electron chi connectivity index (χ4n) is 3.15. The Balaban J connectivity index is 1.80. The lowest BCUT2D eigenvalue weighted by atomic mass is 9.96. The zero-order valence-corrected chi connectivity index (χ0v) is 17.3. The molecule has 0 saturated heterocycles. The summed E-state index contributed by atoms with van der Waals surface area (Å²) >= 11 is 0. The first-order valence-corrected chi connectivity index (χ1v) is 10.6. The highest BCUT2D eigenvalue weighted by atomic mass is 16.5. The average molecular weight is 397 g/mol. The summed E-state index contributed by atoms with van der Waals surface area (Å²) in [5.74, 6) is -0.760. The summed E-state index contributed by atoms with van der Waals surface area (Å²) in [7, 11) is 0. The molecule has 0 spiro atoms. The van der Waals surface area contributed by atoms with Crippen LogP contribution in [0.3, 0.4) is 0 Å². The molecule has 0 bridgehead atoms. The molecule has 0 saturated carbocycles. The number of carbonyl (C=O) groups excluding carboxylic acids is 2. The summed E-state index contributed by atoms with van der Waals surface area (Å²) in [6.07, 6.45) is 5.81. The summed E-state index contributed by atoms with van der Waals surface area (Å²) in [6.45, 7) is 2.69. The summed E-state index contributed by atoms with van der Waals surface area (Å²) in [4.78, 5) is 24.7. The van der Waals surface area contributed by atoms with Crippen LogP contribution in [0.2, 0.25) is 0 Å². The number of unbranched alkanes of at least 4 members (excludes halogenated alkanes) is 3. The highest BCUT2D eigenvalue weighted by molar-refractivity contribution is 5.74. The molecule has 0 N–H and O–H groups in total. The molecule has 0 aliphatic rings. The molecule has 2 rings (SSSR count). The van der Waals surface area contributed by atoms with Gasteiger partial charge in [0.15, 0.2) is 0 Å². The molecule has 0 heterocycles. The van der Waals surface area contributed by atoms with Crippen LogP contribution in [-0.4, -0.2) is 11.9 Å². The number of hydrogen-bond acceptors (Lipinski definition) is 4. The number of esters is 2. The Morgan fingerprint density at radius 3 is 1.93 bits per heavy atom. The van der Waals surface area contributed by atoms with E-state index >= 15 is 0 Å². The van der Waals surface area contributed by atoms with Crippen molar-refractivity contribution in [2.45, 2.75) is 65.1 Å². The van der Waals surface area contributed by atoms with Gasteiger partial charge in [0.2, 0.25) is 0 Å². The minimum atomic E-state index is -0.275. The molecule has 156 valence electrons. The van der Waals surface area contributed by atoms with E-state index < -0.39 is 0 Å². The molecular formula is C25H32O4. The molecule has 29 heavy (non-hydrogen) atoms. The largest absolute Gasteiger partial charge is 0.461 e. The molecule has 1 atom stereocenters. The number of hydrogen-bond donors (Lipinski definition) is 0. The second kappa shape index (κ2) is 13.5. The lowest BCUT2D eigenvalue weighted by Gasteiger charge is -2.16. The van der Waals surface area contributed by atoms with Gasteiger partial charge in [0.05, 0.1) is 5.92 Å². The Hall–Kier alpha value is -2.62. The molecule has 0 aliphatic carbocycles. The van der Waals surface area contributed by atoms with Gasteiger partial charge in [-0.05, 0) is 24.0 Å². The lowest BCUT2D eigenvalue weighted by Crippen LogP contribution is -2.19. The maximum atomic E-state index is 12.6. The van der Waals surface area contributed by atoms with Crippen molar-refractivity contribution in [1.29, 1.82) is 0 Å². The van der Waals surface area contributed by atoms with Gasteiger partial charge < -0.3 is 9.47 Å². The van der Waals surface area contributed by atoms with Gasteiger partial charge in [-0.25, -0.2) is 0 Å². The monoisotopic (exact) mass is 396 g/mol. The summed E-state index contributed by atoms with van der Waals surface area (Å²) in [5, 5.41) is 0. The maximum Gasteiger partial charge on any atom is 0.309 e. The van der Waals surface area contributed by atoms with Crippen LogP contribution in [0.5, 0.6) is 0 Å². The number of carbonyl (C=O) groups is 2. The molecular weight excluding hydrogens is 364 g/mol. The molecule has 0 amide bonds. The summed E-state index contributed by atoms with van der Waals surface area (Å²) in [6, 6.07) is 19.3. The van der Waals surface area contributed by atoms with E-state index in [-0.39, 0.29) is 37.5 Å². The lowest BCUT2D eigenvalue weighted by molar-refractivity contribution is -0.151. The van der Waals surface area contributed by atoms with E-state index in [9.17, 15) is 9.59 Å². The smallest absolute Gasteiger partial charge is 0.309 e. The summed E-state index contributed by atoms with van der Waals surface area (Å²) in [5.41, 5.74) is 1.92. The van der Waals surface area contributed by atoms with Crippen LogP contribution in [0, 0.1) is 5.92 Å². The zero-order valence-electron chi connectivity index (χ0n) is 17.3. The van der Waals surface area contributed by atoms with Gasteiger partial charge in [-0.3, -0.25) is 9.59 Å². The van der Waals surface area contributed by atoms with Crippen LogP contribution < -0.4 is 0 Å². The normalized spacial score (nSPS) is 11.6. The van der Waals surface area contributed by atoms with Crippen molar-refractivity contribution in [2.75, 3.05) is 0 Å². The van der Waals surface area contributed by atoms with Crippen molar-refractivity contribution in [3.63, 3.8) is 0 Å². The van der Waals surface area contributed by atoms with E-state index in [1.54, 1.807) is 0 Å². The highest BCUT2D eigenvalue weighted by Crippen LogP contribution is 2.19. The summed E-state index contributed by atoms with van der Waals surface area (Å²) < 4.78 is 10.9. The minimum Gasteiger partial charge on any atom is -0.461 e. The Bertz CT molecular complexity index is 712. The third-order valence-corrected chi connectivity index (χ3v) is 4.90. The standard InChI is InChI=1S/C25H32O4/c1-2-3-4-11-16-23(25(27)29-20-22-14-9-6-10-15-22)17-18-24(26)28-19-21-12-7-5-8-13-21/h5-10,12-15,23H,2-4,11,16-20H2,1H3. The first kappa shape index (κ1) is 22.7. The van der Waals surface area contributed by atoms with Crippen molar-refractivity contribution in [3.8, 4) is 0 Å². The highest BCUT2D eigenvalue weighted by Gasteiger charge is 2.21. The molecule has 2 aromatic carbocycles. The molecule has 0 fully saturated rings. The molecule has 0 aromatic heterocycles. The van der Waals surface area contributed by atoms with Crippen molar-refractivity contribution in [3.05, 3.63) is 71.8 Å². The Kier molecular flexibility index (Phi) is 10.6. The van der Waals surface area contributed by atoms with Crippen molar-refractivity contribution >= 4 is 11.9 Å². The Morgan fingerprint density at radius 2 is 1.34 bits per heavy atom. The first-order chi connectivity index (χ1) is 14.2. The predicted molar refractivity (Wildman–Crippen MR) is 114 cm³/mol. The van der Waals surface area contributed by atoms with Gasteiger partial charge in [0.1, 0.15) is 13.2 Å². The van der Waals surface area contributed by atoms with Gasteiger partial charge in [-0.15, -0.1) is 0 Å². The van der Waals surface area contributed by atoms with Gasteiger partial charge >= 0.3 is 11.9 Å². The Morgan fingerprint density at radius 1 is 0.759 bits per heavy atom. The molecule has 0 aliphatic heterocycles. The third kappa shape index (κ3) is 9.42. The number of ether oxygens (including phenoxy) is 2. The first-order valence-electron chi connectivity index (χ1n) is 10.6. The molecule has 1 unspecified atom stereocenters. The van der Waals surface area contributed by atoms with Gasteiger partial charge in [0.25, 0.3) is 0 Å². The van der Waals surface area contributed by atoms with E-state index in [1.807, 2.05) is 60.7 Å². The third-order valence-electron chi connectivity index (χ3n) is 4.90. The average Bonchev–Trinajstić information content (AvgIpc) is 2.77. The second-order valence-corrected chi connectivity index (χ2v) is 7.32. The van der Waals surface area contributed by atoms with E-state index in [4.69, 9.17) is 9.47 Å². The SMILES string of the molecule is CCCCCCC(CCC(=O)OCc1ccccc1)C(=O)OCc1ccccc1. The maximum absolute atomic E-state index is 12.6. The van der Waals surface area contributed by atoms with Crippen LogP contribution in [0.15, 0.2) is 60.7 Å². The van der Waals surface area contributed by atoms with Crippen LogP contribution in [0.4, 0.5) is 0 Å². The van der Waals surface area contributed by atoms with Crippen molar-refractivity contribution in [2.24, 2.45) is 5.92 Å². The number of rotatable bonds is 13. The van der Waals surface area contributed by atoms with Crippen LogP contribution >= 0.6 is 0 Å². The van der Waals surface area contributed by atoms with E-state index in [0.29, 0.717) is 6.42 Å². The van der Waals surface area contributed by atoms with E-state index in [2.05, 4.69) is 6.92 Å². The van der Waals surface area contributed by atoms with Gasteiger partial charge in [-0.2, -0.15) is 0 Å². The fraction of sp³-hybridized carbons (Fsp3) is 0.440.